The molecule has 0 fully saturated rings. The molecule has 1 rings (SSSR count). The molecule has 0 heterocycles. The SMILES string of the molecule is CNCc1cc(OC)ccc1OCCCCO. The van der Waals surface area contributed by atoms with Crippen LogP contribution in [0.3, 0.4) is 0 Å². The Morgan fingerprint density at radius 2 is 2.12 bits per heavy atom. The van der Waals surface area contributed by atoms with Crippen molar-refractivity contribution in [2.45, 2.75) is 19.4 Å². The molecule has 0 unspecified atom stereocenters. The number of hydrogen-bond donors (Lipinski definition) is 2. The van der Waals surface area contributed by atoms with Gasteiger partial charge in [0.2, 0.25) is 0 Å². The van der Waals surface area contributed by atoms with E-state index in [-0.39, 0.29) is 6.61 Å². The number of benzene rings is 1. The highest BCUT2D eigenvalue weighted by molar-refractivity contribution is 5.40. The quantitative estimate of drug-likeness (QED) is 0.676. The predicted molar refractivity (Wildman–Crippen MR) is 67.6 cm³/mol. The maximum absolute atomic E-state index is 8.69. The lowest BCUT2D eigenvalue weighted by molar-refractivity contribution is 0.252. The van der Waals surface area contributed by atoms with Crippen molar-refractivity contribution in [3.05, 3.63) is 23.8 Å². The van der Waals surface area contributed by atoms with Crippen molar-refractivity contribution < 1.29 is 14.6 Å². The van der Waals surface area contributed by atoms with Crippen molar-refractivity contribution in [2.24, 2.45) is 0 Å². The first-order valence-corrected chi connectivity index (χ1v) is 5.87. The molecule has 2 N–H and O–H groups in total. The molecule has 0 aromatic heterocycles. The van der Waals surface area contributed by atoms with E-state index in [1.807, 2.05) is 25.2 Å². The number of aliphatic hydroxyl groups is 1. The lowest BCUT2D eigenvalue weighted by atomic mass is 10.2. The first kappa shape index (κ1) is 13.8. The van der Waals surface area contributed by atoms with Crippen molar-refractivity contribution in [3.63, 3.8) is 0 Å². The van der Waals surface area contributed by atoms with Gasteiger partial charge in [0.05, 0.1) is 13.7 Å². The summed E-state index contributed by atoms with van der Waals surface area (Å²) in [5.41, 5.74) is 1.08. The van der Waals surface area contributed by atoms with Crippen molar-refractivity contribution >= 4 is 0 Å². The van der Waals surface area contributed by atoms with Crippen molar-refractivity contribution in [1.82, 2.24) is 5.32 Å². The van der Waals surface area contributed by atoms with Crippen LogP contribution in [0.5, 0.6) is 11.5 Å². The summed E-state index contributed by atoms with van der Waals surface area (Å²) in [4.78, 5) is 0. The number of hydrogen-bond acceptors (Lipinski definition) is 4. The topological polar surface area (TPSA) is 50.7 Å². The molecule has 0 saturated heterocycles. The van der Waals surface area contributed by atoms with E-state index >= 15 is 0 Å². The van der Waals surface area contributed by atoms with Crippen LogP contribution in [0.4, 0.5) is 0 Å². The highest BCUT2D eigenvalue weighted by Gasteiger charge is 2.04. The van der Waals surface area contributed by atoms with E-state index in [0.29, 0.717) is 6.61 Å². The van der Waals surface area contributed by atoms with Crippen LogP contribution >= 0.6 is 0 Å². The fourth-order valence-electron chi connectivity index (χ4n) is 1.55. The molecule has 96 valence electrons. The van der Waals surface area contributed by atoms with E-state index in [4.69, 9.17) is 14.6 Å². The largest absolute Gasteiger partial charge is 0.497 e. The number of aliphatic hydroxyl groups excluding tert-OH is 1. The Bertz CT molecular complexity index is 328. The van der Waals surface area contributed by atoms with Crippen LogP contribution in [0.15, 0.2) is 18.2 Å². The molecule has 0 aliphatic rings. The molecule has 17 heavy (non-hydrogen) atoms. The third-order valence-corrected chi connectivity index (χ3v) is 2.44. The molecule has 0 spiro atoms. The summed E-state index contributed by atoms with van der Waals surface area (Å²) in [5, 5.41) is 11.8. The third kappa shape index (κ3) is 4.63. The van der Waals surface area contributed by atoms with Gasteiger partial charge in [0.1, 0.15) is 11.5 Å². The molecule has 0 aliphatic carbocycles. The van der Waals surface area contributed by atoms with Crippen LogP contribution in [0, 0.1) is 0 Å². The van der Waals surface area contributed by atoms with Crippen LogP contribution in [0.2, 0.25) is 0 Å². The van der Waals surface area contributed by atoms with Gasteiger partial charge in [-0.2, -0.15) is 0 Å². The van der Waals surface area contributed by atoms with E-state index in [2.05, 4.69) is 5.32 Å². The van der Waals surface area contributed by atoms with Gasteiger partial charge in [0.15, 0.2) is 0 Å². The molecule has 1 aromatic rings. The fourth-order valence-corrected chi connectivity index (χ4v) is 1.55. The minimum atomic E-state index is 0.218. The van der Waals surface area contributed by atoms with E-state index in [9.17, 15) is 0 Å². The van der Waals surface area contributed by atoms with Crippen molar-refractivity contribution in [3.8, 4) is 11.5 Å². The second-order valence-corrected chi connectivity index (χ2v) is 3.78. The van der Waals surface area contributed by atoms with Crippen LogP contribution in [0.1, 0.15) is 18.4 Å². The van der Waals surface area contributed by atoms with E-state index in [1.165, 1.54) is 0 Å². The predicted octanol–water partition coefficient (Wildman–Crippen LogP) is 1.57. The van der Waals surface area contributed by atoms with Gasteiger partial charge in [-0.1, -0.05) is 0 Å². The smallest absolute Gasteiger partial charge is 0.124 e. The summed E-state index contributed by atoms with van der Waals surface area (Å²) in [7, 11) is 3.55. The normalized spacial score (nSPS) is 10.3. The van der Waals surface area contributed by atoms with Gasteiger partial charge >= 0.3 is 0 Å². The Kier molecular flexibility index (Phi) is 6.43. The molecule has 4 nitrogen and oxygen atoms in total. The number of methoxy groups -OCH3 is 1. The highest BCUT2D eigenvalue weighted by atomic mass is 16.5. The molecule has 0 bridgehead atoms. The van der Waals surface area contributed by atoms with Crippen LogP contribution < -0.4 is 14.8 Å². The molecule has 4 heteroatoms. The summed E-state index contributed by atoms with van der Waals surface area (Å²) in [6.45, 7) is 1.59. The number of nitrogens with one attached hydrogen (secondary N) is 1. The van der Waals surface area contributed by atoms with Gasteiger partial charge in [-0.25, -0.2) is 0 Å². The molecule has 0 saturated carbocycles. The lowest BCUT2D eigenvalue weighted by Gasteiger charge is -2.12. The molecule has 0 radical (unpaired) electrons. The standard InChI is InChI=1S/C13H21NO3/c1-14-10-11-9-12(16-2)5-6-13(11)17-8-4-3-7-15/h5-6,9,14-15H,3-4,7-8,10H2,1-2H3. The maximum atomic E-state index is 8.69. The summed E-state index contributed by atoms with van der Waals surface area (Å²) in [6.07, 6.45) is 1.64. The monoisotopic (exact) mass is 239 g/mol. The van der Waals surface area contributed by atoms with Crippen molar-refractivity contribution in [2.75, 3.05) is 27.4 Å². The van der Waals surface area contributed by atoms with Gasteiger partial charge in [-0.3, -0.25) is 0 Å². The average molecular weight is 239 g/mol. The molecular weight excluding hydrogens is 218 g/mol. The zero-order valence-corrected chi connectivity index (χ0v) is 10.5. The minimum Gasteiger partial charge on any atom is -0.497 e. The summed E-state index contributed by atoms with van der Waals surface area (Å²) < 4.78 is 10.9. The Hall–Kier alpha value is -1.26. The van der Waals surface area contributed by atoms with E-state index < -0.39 is 0 Å². The molecule has 0 amide bonds. The number of ether oxygens (including phenoxy) is 2. The lowest BCUT2D eigenvalue weighted by Crippen LogP contribution is -2.08. The van der Waals surface area contributed by atoms with Gasteiger partial charge in [-0.05, 0) is 38.1 Å². The first-order chi connectivity index (χ1) is 8.31. The molecule has 0 aliphatic heterocycles. The van der Waals surface area contributed by atoms with Gasteiger partial charge in [0.25, 0.3) is 0 Å². The van der Waals surface area contributed by atoms with Gasteiger partial charge in [0, 0.05) is 18.7 Å². The number of rotatable bonds is 8. The zero-order valence-electron chi connectivity index (χ0n) is 10.5. The maximum Gasteiger partial charge on any atom is 0.124 e. The van der Waals surface area contributed by atoms with Crippen LogP contribution in [-0.4, -0.2) is 32.5 Å². The average Bonchev–Trinajstić information content (AvgIpc) is 2.36. The zero-order chi connectivity index (χ0) is 12.5. The Morgan fingerprint density at radius 3 is 2.76 bits per heavy atom. The van der Waals surface area contributed by atoms with Crippen molar-refractivity contribution in [1.29, 1.82) is 0 Å². The van der Waals surface area contributed by atoms with E-state index in [0.717, 1.165) is 36.4 Å². The fraction of sp³-hybridized carbons (Fsp3) is 0.538. The second kappa shape index (κ2) is 7.92. The minimum absolute atomic E-state index is 0.218. The first-order valence-electron chi connectivity index (χ1n) is 5.87. The Balaban J connectivity index is 2.62. The Labute approximate surface area is 103 Å². The summed E-state index contributed by atoms with van der Waals surface area (Å²) in [5.74, 6) is 1.70. The van der Waals surface area contributed by atoms with Gasteiger partial charge in [-0.15, -0.1) is 0 Å². The van der Waals surface area contributed by atoms with Crippen LogP contribution in [0.25, 0.3) is 0 Å². The van der Waals surface area contributed by atoms with E-state index in [1.54, 1.807) is 7.11 Å². The third-order valence-electron chi connectivity index (χ3n) is 2.44. The molecule has 1 aromatic carbocycles. The van der Waals surface area contributed by atoms with Crippen LogP contribution in [-0.2, 0) is 6.54 Å². The summed E-state index contributed by atoms with van der Waals surface area (Å²) in [6, 6.07) is 5.78. The highest BCUT2D eigenvalue weighted by Crippen LogP contribution is 2.24. The summed E-state index contributed by atoms with van der Waals surface area (Å²) >= 11 is 0. The molecular formula is C13H21NO3. The second-order valence-electron chi connectivity index (χ2n) is 3.78. The number of unbranched alkanes of at least 4 members (excludes halogenated alkanes) is 1. The van der Waals surface area contributed by atoms with Gasteiger partial charge < -0.3 is 19.9 Å². The Morgan fingerprint density at radius 1 is 1.29 bits per heavy atom. The molecule has 0 atom stereocenters.